The first-order chi connectivity index (χ1) is 11.7. The van der Waals surface area contributed by atoms with Crippen molar-refractivity contribution in [3.8, 4) is 5.75 Å². The van der Waals surface area contributed by atoms with Crippen molar-refractivity contribution in [1.29, 1.82) is 0 Å². The lowest BCUT2D eigenvalue weighted by atomic mass is 10.1. The van der Waals surface area contributed by atoms with Gasteiger partial charge in [0, 0.05) is 12.4 Å². The van der Waals surface area contributed by atoms with Gasteiger partial charge in [-0.25, -0.2) is 0 Å². The number of hydrogen-bond acceptors (Lipinski definition) is 4. The van der Waals surface area contributed by atoms with E-state index in [-0.39, 0.29) is 5.91 Å². The van der Waals surface area contributed by atoms with E-state index in [2.05, 4.69) is 22.4 Å². The van der Waals surface area contributed by atoms with Crippen molar-refractivity contribution in [1.82, 2.24) is 15.8 Å². The SMILES string of the molecule is C=C(NNC(=O)c1cccnc1)c1ccc2cc(OC)ccc2c1. The van der Waals surface area contributed by atoms with Crippen molar-refractivity contribution in [2.45, 2.75) is 0 Å². The molecule has 0 saturated heterocycles. The highest BCUT2D eigenvalue weighted by Gasteiger charge is 2.06. The first kappa shape index (κ1) is 15.6. The number of hydrogen-bond donors (Lipinski definition) is 2. The average Bonchev–Trinajstić information content (AvgIpc) is 2.65. The maximum atomic E-state index is 12.0. The average molecular weight is 319 g/mol. The highest BCUT2D eigenvalue weighted by Crippen LogP contribution is 2.23. The van der Waals surface area contributed by atoms with E-state index in [0.717, 1.165) is 22.1 Å². The molecule has 1 aromatic heterocycles. The van der Waals surface area contributed by atoms with Crippen LogP contribution in [-0.4, -0.2) is 18.0 Å². The van der Waals surface area contributed by atoms with Gasteiger partial charge in [0.05, 0.1) is 18.4 Å². The zero-order chi connectivity index (χ0) is 16.9. The van der Waals surface area contributed by atoms with Crippen molar-refractivity contribution < 1.29 is 9.53 Å². The summed E-state index contributed by atoms with van der Waals surface area (Å²) in [4.78, 5) is 15.9. The van der Waals surface area contributed by atoms with E-state index in [1.165, 1.54) is 6.20 Å². The number of carbonyl (C=O) groups excluding carboxylic acids is 1. The second-order valence-electron chi connectivity index (χ2n) is 5.23. The molecular formula is C19H17N3O2. The summed E-state index contributed by atoms with van der Waals surface area (Å²) in [5.74, 6) is 0.547. The second kappa shape index (κ2) is 6.83. The molecule has 0 aliphatic rings. The molecule has 1 amide bonds. The molecule has 0 atom stereocenters. The van der Waals surface area contributed by atoms with E-state index in [0.29, 0.717) is 11.3 Å². The molecule has 0 spiro atoms. The number of ether oxygens (including phenoxy) is 1. The minimum Gasteiger partial charge on any atom is -0.497 e. The fourth-order valence-electron chi connectivity index (χ4n) is 2.31. The summed E-state index contributed by atoms with van der Waals surface area (Å²) < 4.78 is 5.22. The Morgan fingerprint density at radius 1 is 1.04 bits per heavy atom. The number of benzene rings is 2. The molecule has 0 radical (unpaired) electrons. The summed E-state index contributed by atoms with van der Waals surface area (Å²) in [5, 5.41) is 2.14. The molecule has 24 heavy (non-hydrogen) atoms. The fraction of sp³-hybridized carbons (Fsp3) is 0.0526. The van der Waals surface area contributed by atoms with Gasteiger partial charge in [-0.05, 0) is 46.7 Å². The molecule has 1 heterocycles. The van der Waals surface area contributed by atoms with Crippen LogP contribution in [-0.2, 0) is 0 Å². The van der Waals surface area contributed by atoms with Crippen molar-refractivity contribution >= 4 is 22.4 Å². The summed E-state index contributed by atoms with van der Waals surface area (Å²) >= 11 is 0. The summed E-state index contributed by atoms with van der Waals surface area (Å²) in [5.41, 5.74) is 7.42. The minimum atomic E-state index is -0.269. The Morgan fingerprint density at radius 3 is 2.58 bits per heavy atom. The highest BCUT2D eigenvalue weighted by molar-refractivity contribution is 5.94. The van der Waals surface area contributed by atoms with Crippen LogP contribution in [0.15, 0.2) is 67.5 Å². The predicted octanol–water partition coefficient (Wildman–Crippen LogP) is 3.15. The summed E-state index contributed by atoms with van der Waals surface area (Å²) in [7, 11) is 1.65. The van der Waals surface area contributed by atoms with Crippen LogP contribution >= 0.6 is 0 Å². The maximum Gasteiger partial charge on any atom is 0.271 e. The summed E-state index contributed by atoms with van der Waals surface area (Å²) in [6, 6.07) is 15.2. The lowest BCUT2D eigenvalue weighted by molar-refractivity contribution is 0.0942. The highest BCUT2D eigenvalue weighted by atomic mass is 16.5. The largest absolute Gasteiger partial charge is 0.497 e. The van der Waals surface area contributed by atoms with Gasteiger partial charge in [-0.1, -0.05) is 24.8 Å². The van der Waals surface area contributed by atoms with Gasteiger partial charge in [-0.3, -0.25) is 20.6 Å². The van der Waals surface area contributed by atoms with Crippen LogP contribution in [0.5, 0.6) is 5.75 Å². The zero-order valence-electron chi connectivity index (χ0n) is 13.2. The molecule has 0 bridgehead atoms. The van der Waals surface area contributed by atoms with Crippen LogP contribution in [0.3, 0.4) is 0 Å². The van der Waals surface area contributed by atoms with Crippen molar-refractivity contribution in [2.24, 2.45) is 0 Å². The van der Waals surface area contributed by atoms with Crippen molar-refractivity contribution in [2.75, 3.05) is 7.11 Å². The second-order valence-corrected chi connectivity index (χ2v) is 5.23. The van der Waals surface area contributed by atoms with Gasteiger partial charge in [-0.15, -0.1) is 0 Å². The Labute approximate surface area is 140 Å². The molecule has 120 valence electrons. The van der Waals surface area contributed by atoms with Gasteiger partial charge >= 0.3 is 0 Å². The summed E-state index contributed by atoms with van der Waals surface area (Å²) in [6.07, 6.45) is 3.12. The maximum absolute atomic E-state index is 12.0. The van der Waals surface area contributed by atoms with E-state index >= 15 is 0 Å². The molecular weight excluding hydrogens is 302 g/mol. The molecule has 5 heteroatoms. The smallest absolute Gasteiger partial charge is 0.271 e. The predicted molar refractivity (Wildman–Crippen MR) is 94.4 cm³/mol. The lowest BCUT2D eigenvalue weighted by Gasteiger charge is -2.12. The van der Waals surface area contributed by atoms with Crippen molar-refractivity contribution in [3.63, 3.8) is 0 Å². The minimum absolute atomic E-state index is 0.269. The number of amides is 1. The van der Waals surface area contributed by atoms with Crippen molar-refractivity contribution in [3.05, 3.63) is 78.6 Å². The van der Waals surface area contributed by atoms with Crippen LogP contribution in [0.2, 0.25) is 0 Å². The Morgan fingerprint density at radius 2 is 1.83 bits per heavy atom. The Balaban J connectivity index is 1.71. The third kappa shape index (κ3) is 3.35. The van der Waals surface area contributed by atoms with Crippen LogP contribution in [0.4, 0.5) is 0 Å². The van der Waals surface area contributed by atoms with Gasteiger partial charge in [0.1, 0.15) is 5.75 Å². The molecule has 2 aromatic carbocycles. The lowest BCUT2D eigenvalue weighted by Crippen LogP contribution is -2.35. The van der Waals surface area contributed by atoms with Gasteiger partial charge < -0.3 is 4.74 Å². The Kier molecular flexibility index (Phi) is 4.43. The monoisotopic (exact) mass is 319 g/mol. The van der Waals surface area contributed by atoms with Gasteiger partial charge in [0.25, 0.3) is 5.91 Å². The Hall–Kier alpha value is -3.34. The number of aromatic nitrogens is 1. The fourth-order valence-corrected chi connectivity index (χ4v) is 2.31. The number of carbonyl (C=O) groups is 1. The number of nitrogens with zero attached hydrogens (tertiary/aromatic N) is 1. The third-order valence-corrected chi connectivity index (χ3v) is 3.65. The van der Waals surface area contributed by atoms with E-state index in [1.54, 1.807) is 25.4 Å². The molecule has 3 aromatic rings. The third-order valence-electron chi connectivity index (χ3n) is 3.65. The number of fused-ring (bicyclic) bond motifs is 1. The molecule has 0 fully saturated rings. The van der Waals surface area contributed by atoms with Crippen LogP contribution in [0, 0.1) is 0 Å². The molecule has 2 N–H and O–H groups in total. The number of methoxy groups -OCH3 is 1. The first-order valence-corrected chi connectivity index (χ1v) is 7.41. The zero-order valence-corrected chi connectivity index (χ0v) is 13.2. The summed E-state index contributed by atoms with van der Waals surface area (Å²) in [6.45, 7) is 3.96. The Bertz CT molecular complexity index is 892. The number of nitrogens with one attached hydrogen (secondary N) is 2. The van der Waals surface area contributed by atoms with E-state index in [9.17, 15) is 4.79 Å². The number of pyridine rings is 1. The number of hydrazine groups is 1. The molecule has 3 rings (SSSR count). The van der Waals surface area contributed by atoms with Gasteiger partial charge in [0.2, 0.25) is 0 Å². The van der Waals surface area contributed by atoms with Gasteiger partial charge in [0.15, 0.2) is 0 Å². The van der Waals surface area contributed by atoms with Crippen LogP contribution < -0.4 is 15.6 Å². The quantitative estimate of drug-likeness (QED) is 0.709. The first-order valence-electron chi connectivity index (χ1n) is 7.41. The van der Waals surface area contributed by atoms with E-state index in [4.69, 9.17) is 4.74 Å². The molecule has 0 aliphatic heterocycles. The van der Waals surface area contributed by atoms with Crippen LogP contribution in [0.1, 0.15) is 15.9 Å². The van der Waals surface area contributed by atoms with E-state index < -0.39 is 0 Å². The topological polar surface area (TPSA) is 63.2 Å². The molecule has 0 unspecified atom stereocenters. The van der Waals surface area contributed by atoms with Crippen LogP contribution in [0.25, 0.3) is 16.5 Å². The molecule has 0 aliphatic carbocycles. The molecule has 0 saturated carbocycles. The standard InChI is InChI=1S/C19H17N3O2/c1-13(21-22-19(23)17-4-3-9-20-12-17)14-5-6-16-11-18(24-2)8-7-15(16)10-14/h3-12,21H,1H2,2H3,(H,22,23). The van der Waals surface area contributed by atoms with E-state index in [1.807, 2.05) is 36.4 Å². The van der Waals surface area contributed by atoms with Gasteiger partial charge in [-0.2, -0.15) is 0 Å². The normalized spacial score (nSPS) is 10.2. The number of rotatable bonds is 5. The molecule has 5 nitrogen and oxygen atoms in total.